The summed E-state index contributed by atoms with van der Waals surface area (Å²) in [6.45, 7) is 2.26. The van der Waals surface area contributed by atoms with Gasteiger partial charge in [0.15, 0.2) is 0 Å². The van der Waals surface area contributed by atoms with Crippen molar-refractivity contribution in [2.24, 2.45) is 0 Å². The van der Waals surface area contributed by atoms with E-state index in [0.29, 0.717) is 9.78 Å². The first kappa shape index (κ1) is 17.4. The van der Waals surface area contributed by atoms with Gasteiger partial charge >= 0.3 is 0 Å². The molecule has 1 aromatic heterocycles. The van der Waals surface area contributed by atoms with Gasteiger partial charge in [0.05, 0.1) is 9.78 Å². The van der Waals surface area contributed by atoms with Crippen LogP contribution in [0.1, 0.15) is 20.8 Å². The van der Waals surface area contributed by atoms with Gasteiger partial charge in [0, 0.05) is 13.1 Å². The van der Waals surface area contributed by atoms with Crippen molar-refractivity contribution in [1.82, 2.24) is 10.2 Å². The molecule has 0 aliphatic carbocycles. The van der Waals surface area contributed by atoms with Crippen molar-refractivity contribution in [3.63, 3.8) is 0 Å². The van der Waals surface area contributed by atoms with Crippen LogP contribution in [0.5, 0.6) is 0 Å². The molecule has 1 aliphatic rings. The summed E-state index contributed by atoms with van der Waals surface area (Å²) in [5, 5.41) is 4.30. The molecule has 0 spiro atoms. The van der Waals surface area contributed by atoms with Gasteiger partial charge in [-0.05, 0) is 47.3 Å². The van der Waals surface area contributed by atoms with Crippen LogP contribution in [0.25, 0.3) is 6.08 Å². The Morgan fingerprint density at radius 1 is 1.20 bits per heavy atom. The van der Waals surface area contributed by atoms with E-state index >= 15 is 0 Å². The van der Waals surface area contributed by atoms with Crippen LogP contribution in [0.3, 0.4) is 0 Å². The molecule has 3 amide bonds. The first-order valence-electron chi connectivity index (χ1n) is 7.69. The zero-order valence-electron chi connectivity index (χ0n) is 13.5. The van der Waals surface area contributed by atoms with Crippen LogP contribution in [-0.4, -0.2) is 35.0 Å². The van der Waals surface area contributed by atoms with Gasteiger partial charge < -0.3 is 5.32 Å². The Labute approximate surface area is 153 Å². The topological polar surface area (TPSA) is 66.5 Å². The molecule has 128 valence electrons. The third-order valence-corrected chi connectivity index (χ3v) is 5.58. The van der Waals surface area contributed by atoms with E-state index in [4.69, 9.17) is 0 Å². The molecule has 0 bridgehead atoms. The van der Waals surface area contributed by atoms with Gasteiger partial charge in [-0.2, -0.15) is 0 Å². The van der Waals surface area contributed by atoms with E-state index in [1.165, 1.54) is 16.2 Å². The molecule has 0 unspecified atom stereocenters. The number of thiophene rings is 1. The average Bonchev–Trinajstić information content (AvgIpc) is 3.14. The Morgan fingerprint density at radius 3 is 2.64 bits per heavy atom. The highest BCUT2D eigenvalue weighted by Crippen LogP contribution is 2.31. The molecule has 1 aromatic carbocycles. The van der Waals surface area contributed by atoms with Gasteiger partial charge in [-0.15, -0.1) is 11.3 Å². The van der Waals surface area contributed by atoms with Crippen LogP contribution < -0.4 is 5.32 Å². The normalized spacial score (nSPS) is 15.9. The van der Waals surface area contributed by atoms with Crippen molar-refractivity contribution in [2.45, 2.75) is 6.92 Å². The summed E-state index contributed by atoms with van der Waals surface area (Å²) in [4.78, 5) is 38.7. The second kappa shape index (κ2) is 7.67. The average molecular weight is 372 g/mol. The van der Waals surface area contributed by atoms with Gasteiger partial charge in [-0.1, -0.05) is 30.3 Å². The summed E-state index contributed by atoms with van der Waals surface area (Å²) >= 11 is 2.29. The molecule has 7 heteroatoms. The minimum atomic E-state index is -0.319. The number of carbonyl (C=O) groups is 3. The minimum absolute atomic E-state index is 0.160. The minimum Gasteiger partial charge on any atom is -0.350 e. The summed E-state index contributed by atoms with van der Waals surface area (Å²) in [5.74, 6) is -0.500. The Bertz CT molecular complexity index is 843. The molecule has 3 rings (SSSR count). The van der Waals surface area contributed by atoms with Crippen LogP contribution >= 0.6 is 23.1 Å². The number of rotatable bonds is 5. The third kappa shape index (κ3) is 4.00. The number of hydrogen-bond donors (Lipinski definition) is 1. The van der Waals surface area contributed by atoms with Crippen molar-refractivity contribution in [2.75, 3.05) is 13.1 Å². The van der Waals surface area contributed by atoms with E-state index in [1.54, 1.807) is 6.08 Å². The lowest BCUT2D eigenvalue weighted by atomic mass is 10.2. The summed E-state index contributed by atoms with van der Waals surface area (Å²) in [6, 6.07) is 11.3. The van der Waals surface area contributed by atoms with Gasteiger partial charge in [0.25, 0.3) is 17.1 Å². The molecular weight excluding hydrogens is 356 g/mol. The second-order valence-corrected chi connectivity index (χ2v) is 7.34. The fraction of sp³-hybridized carbons (Fsp3) is 0.167. The number of hydrogen-bond acceptors (Lipinski definition) is 5. The monoisotopic (exact) mass is 372 g/mol. The molecule has 0 atom stereocenters. The van der Waals surface area contributed by atoms with Crippen LogP contribution in [0, 0.1) is 6.92 Å². The Hall–Kier alpha value is -2.38. The van der Waals surface area contributed by atoms with E-state index in [9.17, 15) is 14.4 Å². The van der Waals surface area contributed by atoms with Gasteiger partial charge in [-0.3, -0.25) is 19.3 Å². The molecule has 0 saturated carbocycles. The summed E-state index contributed by atoms with van der Waals surface area (Å²) in [5.41, 5.74) is 1.79. The maximum absolute atomic E-state index is 12.4. The summed E-state index contributed by atoms with van der Waals surface area (Å²) in [7, 11) is 0. The number of amides is 3. The third-order valence-electron chi connectivity index (χ3n) is 3.66. The standard InChI is InChI=1S/C18H16N2O3S2/c1-12-7-10-24-15(12)16(21)19-8-9-20-17(22)14(25-18(20)23)11-13-5-3-2-4-6-13/h2-7,10-11H,8-9H2,1H3,(H,19,21). The number of imide groups is 1. The molecule has 0 radical (unpaired) electrons. The van der Waals surface area contributed by atoms with E-state index < -0.39 is 0 Å². The van der Waals surface area contributed by atoms with Crippen molar-refractivity contribution < 1.29 is 14.4 Å². The maximum Gasteiger partial charge on any atom is 0.293 e. The maximum atomic E-state index is 12.4. The number of nitrogens with one attached hydrogen (secondary N) is 1. The fourth-order valence-corrected chi connectivity index (χ4v) is 4.07. The number of benzene rings is 1. The summed E-state index contributed by atoms with van der Waals surface area (Å²) < 4.78 is 0. The molecule has 1 saturated heterocycles. The SMILES string of the molecule is Cc1ccsc1C(=O)NCCN1C(=O)SC(=Cc2ccccc2)C1=O. The summed E-state index contributed by atoms with van der Waals surface area (Å²) in [6.07, 6.45) is 1.71. The highest BCUT2D eigenvalue weighted by molar-refractivity contribution is 8.18. The zero-order valence-corrected chi connectivity index (χ0v) is 15.2. The Kier molecular flexibility index (Phi) is 5.35. The second-order valence-electron chi connectivity index (χ2n) is 5.43. The van der Waals surface area contributed by atoms with Gasteiger partial charge in [0.2, 0.25) is 0 Å². The van der Waals surface area contributed by atoms with Crippen molar-refractivity contribution in [3.05, 3.63) is 62.7 Å². The molecule has 1 fully saturated rings. The lowest BCUT2D eigenvalue weighted by molar-refractivity contribution is -0.122. The molecule has 1 aliphatic heterocycles. The molecule has 2 heterocycles. The predicted molar refractivity (Wildman–Crippen MR) is 101 cm³/mol. The van der Waals surface area contributed by atoms with Gasteiger partial charge in [0.1, 0.15) is 0 Å². The smallest absolute Gasteiger partial charge is 0.293 e. The number of aryl methyl sites for hydroxylation is 1. The highest BCUT2D eigenvalue weighted by Gasteiger charge is 2.34. The fourth-order valence-electron chi connectivity index (χ4n) is 2.36. The van der Waals surface area contributed by atoms with E-state index in [2.05, 4.69) is 5.32 Å². The molecular formula is C18H16N2O3S2. The van der Waals surface area contributed by atoms with Crippen molar-refractivity contribution in [1.29, 1.82) is 0 Å². The number of thioether (sulfide) groups is 1. The largest absolute Gasteiger partial charge is 0.350 e. The highest BCUT2D eigenvalue weighted by atomic mass is 32.2. The van der Waals surface area contributed by atoms with E-state index in [1.807, 2.05) is 48.7 Å². The van der Waals surface area contributed by atoms with Gasteiger partial charge in [-0.25, -0.2) is 0 Å². The quantitative estimate of drug-likeness (QED) is 0.816. The Balaban J connectivity index is 1.59. The lowest BCUT2D eigenvalue weighted by Crippen LogP contribution is -2.37. The van der Waals surface area contributed by atoms with Crippen molar-refractivity contribution >= 4 is 46.2 Å². The number of nitrogens with zero attached hydrogens (tertiary/aromatic N) is 1. The van der Waals surface area contributed by atoms with Crippen LogP contribution in [0.4, 0.5) is 4.79 Å². The van der Waals surface area contributed by atoms with Crippen LogP contribution in [-0.2, 0) is 4.79 Å². The zero-order chi connectivity index (χ0) is 17.8. The Morgan fingerprint density at radius 2 is 1.96 bits per heavy atom. The molecule has 25 heavy (non-hydrogen) atoms. The molecule has 5 nitrogen and oxygen atoms in total. The predicted octanol–water partition coefficient (Wildman–Crippen LogP) is 3.52. The van der Waals surface area contributed by atoms with Crippen molar-refractivity contribution in [3.8, 4) is 0 Å². The first-order chi connectivity index (χ1) is 12.1. The van der Waals surface area contributed by atoms with E-state index in [0.717, 1.165) is 22.9 Å². The van der Waals surface area contributed by atoms with E-state index in [-0.39, 0.29) is 30.1 Å². The molecule has 2 aromatic rings. The first-order valence-corrected chi connectivity index (χ1v) is 9.38. The number of carbonyl (C=O) groups excluding carboxylic acids is 3. The lowest BCUT2D eigenvalue weighted by Gasteiger charge is -2.12. The van der Waals surface area contributed by atoms with Crippen LogP contribution in [0.15, 0.2) is 46.7 Å². The van der Waals surface area contributed by atoms with Crippen LogP contribution in [0.2, 0.25) is 0 Å². The molecule has 1 N–H and O–H groups in total.